The highest BCUT2D eigenvalue weighted by atomic mass is 35.5. The normalized spacial score (nSPS) is 15.4. The van der Waals surface area contributed by atoms with Crippen LogP contribution in [0.5, 0.6) is 11.5 Å². The number of carbonyl (C=O) groups is 1. The summed E-state index contributed by atoms with van der Waals surface area (Å²) >= 11 is 12.0. The fraction of sp³-hybridized carbons (Fsp3) is 0.238. The predicted octanol–water partition coefficient (Wildman–Crippen LogP) is 5.26. The van der Waals surface area contributed by atoms with Crippen molar-refractivity contribution in [2.45, 2.75) is 26.4 Å². The van der Waals surface area contributed by atoms with Crippen LogP contribution in [0.1, 0.15) is 25.0 Å². The second-order valence-electron chi connectivity index (χ2n) is 6.31. The molecule has 3 rings (SSSR count). The molecular formula is C21H18Cl2N2O3. The number of halogens is 2. The Bertz CT molecular complexity index is 996. The van der Waals surface area contributed by atoms with Crippen molar-refractivity contribution in [2.24, 2.45) is 0 Å². The van der Waals surface area contributed by atoms with Gasteiger partial charge in [0.25, 0.3) is 5.91 Å². The standard InChI is InChI=1S/C21H18Cl2N2O3/c1-3-27-19-8-13-6-12(2)28-20(13)9-14(19)7-15(11-24)21(26)25-18-10-16(22)4-5-17(18)23/h4-5,7-10,12H,3,6H2,1-2H3,(H,25,26)/b15-7+. The zero-order chi connectivity index (χ0) is 20.3. The summed E-state index contributed by atoms with van der Waals surface area (Å²) in [5.74, 6) is 0.738. The number of hydrogen-bond donors (Lipinski definition) is 1. The highest BCUT2D eigenvalue weighted by molar-refractivity contribution is 6.36. The van der Waals surface area contributed by atoms with Gasteiger partial charge in [-0.2, -0.15) is 5.26 Å². The largest absolute Gasteiger partial charge is 0.493 e. The van der Waals surface area contributed by atoms with Crippen molar-refractivity contribution >= 4 is 40.9 Å². The van der Waals surface area contributed by atoms with Gasteiger partial charge < -0.3 is 14.8 Å². The van der Waals surface area contributed by atoms with E-state index in [1.165, 1.54) is 12.1 Å². The molecule has 7 heteroatoms. The smallest absolute Gasteiger partial charge is 0.266 e. The maximum Gasteiger partial charge on any atom is 0.266 e. The fourth-order valence-electron chi connectivity index (χ4n) is 2.94. The zero-order valence-electron chi connectivity index (χ0n) is 15.4. The molecule has 0 aromatic heterocycles. The Kier molecular flexibility index (Phi) is 6.13. The first-order chi connectivity index (χ1) is 13.4. The zero-order valence-corrected chi connectivity index (χ0v) is 16.9. The molecule has 0 saturated heterocycles. The van der Waals surface area contributed by atoms with Gasteiger partial charge in [-0.3, -0.25) is 4.79 Å². The van der Waals surface area contributed by atoms with Gasteiger partial charge in [-0.25, -0.2) is 0 Å². The van der Waals surface area contributed by atoms with Crippen LogP contribution in [0, 0.1) is 11.3 Å². The van der Waals surface area contributed by atoms with Gasteiger partial charge in [0.15, 0.2) is 0 Å². The summed E-state index contributed by atoms with van der Waals surface area (Å²) < 4.78 is 11.5. The third kappa shape index (κ3) is 4.41. The average molecular weight is 417 g/mol. The van der Waals surface area contributed by atoms with Gasteiger partial charge in [0.1, 0.15) is 29.2 Å². The maximum absolute atomic E-state index is 12.6. The number of nitrogens with zero attached hydrogens (tertiary/aromatic N) is 1. The van der Waals surface area contributed by atoms with E-state index in [0.29, 0.717) is 33.7 Å². The number of nitrogens with one attached hydrogen (secondary N) is 1. The van der Waals surface area contributed by atoms with Crippen molar-refractivity contribution < 1.29 is 14.3 Å². The maximum atomic E-state index is 12.6. The van der Waals surface area contributed by atoms with Gasteiger partial charge >= 0.3 is 0 Å². The lowest BCUT2D eigenvalue weighted by Gasteiger charge is -2.11. The van der Waals surface area contributed by atoms with Gasteiger partial charge in [0.05, 0.1) is 17.3 Å². The van der Waals surface area contributed by atoms with Gasteiger partial charge in [0, 0.05) is 22.6 Å². The van der Waals surface area contributed by atoms with Crippen molar-refractivity contribution in [3.05, 3.63) is 57.1 Å². The minimum Gasteiger partial charge on any atom is -0.493 e. The number of amides is 1. The molecule has 1 unspecified atom stereocenters. The van der Waals surface area contributed by atoms with Crippen molar-refractivity contribution in [1.29, 1.82) is 5.26 Å². The van der Waals surface area contributed by atoms with E-state index in [-0.39, 0.29) is 11.7 Å². The molecule has 1 N–H and O–H groups in total. The van der Waals surface area contributed by atoms with Gasteiger partial charge in [-0.15, -0.1) is 0 Å². The Morgan fingerprint density at radius 2 is 2.18 bits per heavy atom. The summed E-state index contributed by atoms with van der Waals surface area (Å²) in [6.07, 6.45) is 2.34. The highest BCUT2D eigenvalue weighted by Crippen LogP contribution is 2.36. The summed E-state index contributed by atoms with van der Waals surface area (Å²) in [4.78, 5) is 12.6. The summed E-state index contributed by atoms with van der Waals surface area (Å²) in [5.41, 5.74) is 1.87. The monoisotopic (exact) mass is 416 g/mol. The second kappa shape index (κ2) is 8.55. The van der Waals surface area contributed by atoms with E-state index >= 15 is 0 Å². The minimum atomic E-state index is -0.594. The summed E-state index contributed by atoms with van der Waals surface area (Å²) in [6.45, 7) is 4.32. The van der Waals surface area contributed by atoms with Crippen LogP contribution in [0.2, 0.25) is 10.0 Å². The van der Waals surface area contributed by atoms with E-state index in [2.05, 4.69) is 5.32 Å². The molecule has 0 spiro atoms. The Labute approximate surface area is 173 Å². The number of hydrogen-bond acceptors (Lipinski definition) is 4. The molecule has 1 aliphatic heterocycles. The summed E-state index contributed by atoms with van der Waals surface area (Å²) in [5, 5.41) is 12.9. The Morgan fingerprint density at radius 3 is 2.89 bits per heavy atom. The number of fused-ring (bicyclic) bond motifs is 1. The molecule has 1 amide bonds. The summed E-state index contributed by atoms with van der Waals surface area (Å²) in [7, 11) is 0. The molecule has 0 radical (unpaired) electrons. The molecule has 28 heavy (non-hydrogen) atoms. The minimum absolute atomic E-state index is 0.0763. The third-order valence-corrected chi connectivity index (χ3v) is 4.73. The fourth-order valence-corrected chi connectivity index (χ4v) is 3.27. The Morgan fingerprint density at radius 1 is 1.39 bits per heavy atom. The number of rotatable bonds is 5. The Balaban J connectivity index is 1.94. The lowest BCUT2D eigenvalue weighted by atomic mass is 10.0. The number of carbonyl (C=O) groups excluding carboxylic acids is 1. The summed E-state index contributed by atoms with van der Waals surface area (Å²) in [6, 6.07) is 10.3. The number of anilines is 1. The van der Waals surface area contributed by atoms with Crippen LogP contribution in [-0.4, -0.2) is 18.6 Å². The average Bonchev–Trinajstić information content (AvgIpc) is 3.01. The predicted molar refractivity (Wildman–Crippen MR) is 110 cm³/mol. The molecule has 5 nitrogen and oxygen atoms in total. The van der Waals surface area contributed by atoms with Gasteiger partial charge in [-0.05, 0) is 50.3 Å². The first-order valence-corrected chi connectivity index (χ1v) is 9.51. The molecule has 0 saturated carbocycles. The first-order valence-electron chi connectivity index (χ1n) is 8.75. The van der Waals surface area contributed by atoms with Crippen LogP contribution in [-0.2, 0) is 11.2 Å². The van der Waals surface area contributed by atoms with E-state index in [9.17, 15) is 10.1 Å². The molecule has 0 aliphatic carbocycles. The quantitative estimate of drug-likeness (QED) is 0.532. The lowest BCUT2D eigenvalue weighted by Crippen LogP contribution is -2.14. The van der Waals surface area contributed by atoms with Crippen LogP contribution in [0.4, 0.5) is 5.69 Å². The molecule has 2 aromatic carbocycles. The topological polar surface area (TPSA) is 71.3 Å². The van der Waals surface area contributed by atoms with Crippen LogP contribution in [0.25, 0.3) is 6.08 Å². The van der Waals surface area contributed by atoms with Crippen LogP contribution in [0.3, 0.4) is 0 Å². The molecule has 0 fully saturated rings. The molecule has 2 aromatic rings. The molecule has 1 aliphatic rings. The van der Waals surface area contributed by atoms with Crippen LogP contribution in [0.15, 0.2) is 35.9 Å². The molecule has 1 atom stereocenters. The number of ether oxygens (including phenoxy) is 2. The van der Waals surface area contributed by atoms with E-state index in [4.69, 9.17) is 32.7 Å². The third-order valence-electron chi connectivity index (χ3n) is 4.17. The van der Waals surface area contributed by atoms with Crippen molar-refractivity contribution in [2.75, 3.05) is 11.9 Å². The molecule has 1 heterocycles. The van der Waals surface area contributed by atoms with Gasteiger partial charge in [0.2, 0.25) is 0 Å². The number of nitriles is 1. The van der Waals surface area contributed by atoms with Gasteiger partial charge in [-0.1, -0.05) is 23.2 Å². The first kappa shape index (κ1) is 20.1. The molecular weight excluding hydrogens is 399 g/mol. The SMILES string of the molecule is CCOc1cc2c(cc1/C=C(\C#N)C(=O)Nc1cc(Cl)ccc1Cl)OC(C)C2. The van der Waals surface area contributed by atoms with Crippen LogP contribution < -0.4 is 14.8 Å². The van der Waals surface area contributed by atoms with E-state index in [1.807, 2.05) is 26.0 Å². The highest BCUT2D eigenvalue weighted by Gasteiger charge is 2.22. The van der Waals surface area contributed by atoms with Crippen molar-refractivity contribution in [1.82, 2.24) is 0 Å². The lowest BCUT2D eigenvalue weighted by molar-refractivity contribution is -0.112. The van der Waals surface area contributed by atoms with Crippen molar-refractivity contribution in [3.8, 4) is 17.6 Å². The van der Waals surface area contributed by atoms with E-state index in [1.54, 1.807) is 18.2 Å². The van der Waals surface area contributed by atoms with Crippen molar-refractivity contribution in [3.63, 3.8) is 0 Å². The number of benzene rings is 2. The van der Waals surface area contributed by atoms with E-state index < -0.39 is 5.91 Å². The Hall–Kier alpha value is -2.68. The van der Waals surface area contributed by atoms with E-state index in [0.717, 1.165) is 17.7 Å². The van der Waals surface area contributed by atoms with Crippen LogP contribution >= 0.6 is 23.2 Å². The molecule has 144 valence electrons. The molecule has 0 bridgehead atoms. The second-order valence-corrected chi connectivity index (χ2v) is 7.16.